The summed E-state index contributed by atoms with van der Waals surface area (Å²) >= 11 is 0. The van der Waals surface area contributed by atoms with E-state index in [1.54, 1.807) is 12.2 Å². The summed E-state index contributed by atoms with van der Waals surface area (Å²) in [6.45, 7) is 7.50. The molecule has 3 heterocycles. The van der Waals surface area contributed by atoms with E-state index in [4.69, 9.17) is 11.3 Å². The van der Waals surface area contributed by atoms with Crippen molar-refractivity contribution in [3.63, 3.8) is 0 Å². The summed E-state index contributed by atoms with van der Waals surface area (Å²) in [6, 6.07) is 31.6. The van der Waals surface area contributed by atoms with Crippen molar-refractivity contribution in [2.45, 2.75) is 0 Å². The van der Waals surface area contributed by atoms with E-state index in [2.05, 4.69) is 113 Å². The van der Waals surface area contributed by atoms with Crippen LogP contribution in [0.4, 0.5) is 0 Å². The summed E-state index contributed by atoms with van der Waals surface area (Å²) in [6.07, 6.45) is 11.2. The smallest absolute Gasteiger partial charge is 0.269 e. The molecule has 204 valence electrons. The molecule has 43 heavy (non-hydrogen) atoms. The van der Waals surface area contributed by atoms with Gasteiger partial charge in [0, 0.05) is 57.7 Å². The number of ether oxygens (including phenoxy) is 1. The van der Waals surface area contributed by atoms with Gasteiger partial charge in [-0.15, -0.1) is 0 Å². The van der Waals surface area contributed by atoms with Crippen molar-refractivity contribution in [1.29, 1.82) is 5.26 Å². The van der Waals surface area contributed by atoms with Crippen LogP contribution in [0.1, 0.15) is 11.1 Å². The molecule has 1 aliphatic heterocycles. The molecule has 0 spiro atoms. The highest BCUT2D eigenvalue weighted by molar-refractivity contribution is 6.09. The number of hydrogen-bond donors (Lipinski definition) is 0. The first-order chi connectivity index (χ1) is 21.0. The van der Waals surface area contributed by atoms with Gasteiger partial charge in [-0.2, -0.15) is 0 Å². The highest BCUT2D eigenvalue weighted by Crippen LogP contribution is 2.31. The summed E-state index contributed by atoms with van der Waals surface area (Å²) in [5.41, 5.74) is 7.33. The topological polar surface area (TPSA) is 47.2 Å². The Morgan fingerprint density at radius 2 is 1.14 bits per heavy atom. The maximum Gasteiger partial charge on any atom is 0.269 e. The van der Waals surface area contributed by atoms with Crippen LogP contribution >= 0.6 is 0 Å². The number of aromatic nitrogens is 2. The number of para-hydroxylation sites is 2. The number of allylic oxidation sites excluding steroid dienone is 6. The minimum Gasteiger partial charge on any atom is -0.457 e. The second kappa shape index (κ2) is 10.4. The predicted molar refractivity (Wildman–Crippen MR) is 175 cm³/mol. The zero-order valence-electron chi connectivity index (χ0n) is 23.7. The van der Waals surface area contributed by atoms with Crippen molar-refractivity contribution in [2.75, 3.05) is 0 Å². The molecular weight excluding hydrogens is 528 g/mol. The Kier molecular flexibility index (Phi) is 6.27. The van der Waals surface area contributed by atoms with Crippen LogP contribution < -0.4 is 0 Å². The Morgan fingerprint density at radius 3 is 1.60 bits per heavy atom. The van der Waals surface area contributed by atoms with Gasteiger partial charge in [0.25, 0.3) is 5.70 Å². The van der Waals surface area contributed by atoms with Crippen molar-refractivity contribution >= 4 is 55.8 Å². The van der Waals surface area contributed by atoms with E-state index in [0.29, 0.717) is 17.1 Å². The fourth-order valence-corrected chi connectivity index (χ4v) is 5.93. The quantitative estimate of drug-likeness (QED) is 0.161. The van der Waals surface area contributed by atoms with Gasteiger partial charge < -0.3 is 13.9 Å². The van der Waals surface area contributed by atoms with Crippen molar-refractivity contribution in [3.05, 3.63) is 155 Å². The highest BCUT2D eigenvalue weighted by atomic mass is 16.5. The van der Waals surface area contributed by atoms with Crippen LogP contribution in [-0.2, 0) is 18.8 Å². The molecule has 0 saturated heterocycles. The molecule has 5 heteroatoms. The molecule has 0 bridgehead atoms. The third kappa shape index (κ3) is 4.50. The van der Waals surface area contributed by atoms with Gasteiger partial charge in [0.2, 0.25) is 0 Å². The third-order valence-corrected chi connectivity index (χ3v) is 8.08. The molecule has 0 saturated carbocycles. The molecule has 0 N–H and O–H groups in total. The highest BCUT2D eigenvalue weighted by Gasteiger charge is 2.13. The molecule has 0 fully saturated rings. The molecule has 0 amide bonds. The molecule has 1 aliphatic rings. The maximum atomic E-state index is 9.58. The van der Waals surface area contributed by atoms with Gasteiger partial charge in [-0.25, -0.2) is 10.1 Å². The first-order valence-electron chi connectivity index (χ1n) is 14.0. The molecule has 7 rings (SSSR count). The lowest BCUT2D eigenvalue weighted by Gasteiger charge is -2.14. The summed E-state index contributed by atoms with van der Waals surface area (Å²) in [5, 5.41) is 14.4. The van der Waals surface area contributed by atoms with Crippen LogP contribution in [0.2, 0.25) is 0 Å². The number of benzene rings is 4. The molecule has 0 aliphatic carbocycles. The molecule has 0 atom stereocenters. The zero-order valence-corrected chi connectivity index (χ0v) is 23.7. The predicted octanol–water partition coefficient (Wildman–Crippen LogP) is 9.20. The molecule has 0 radical (unpaired) electrons. The molecule has 5 nitrogen and oxygen atoms in total. The van der Waals surface area contributed by atoms with Gasteiger partial charge in [0.1, 0.15) is 11.5 Å². The molecular formula is C38H26N4O. The number of nitrogens with zero attached hydrogens (tertiary/aromatic N) is 4. The van der Waals surface area contributed by atoms with Gasteiger partial charge in [-0.05, 0) is 77.4 Å². The minimum atomic E-state index is 0.0226. The van der Waals surface area contributed by atoms with Crippen LogP contribution in [0.5, 0.6) is 0 Å². The lowest BCUT2D eigenvalue weighted by molar-refractivity contribution is 0.332. The van der Waals surface area contributed by atoms with Crippen LogP contribution in [0.3, 0.4) is 0 Å². The fraction of sp³-hybridized carbons (Fsp3) is 0.0526. The molecule has 2 aromatic heterocycles. The SMILES string of the molecule is [C-]#[N+]C(C#N)=C1C=C(/C=C/c2ccc3c(c2)c2ccccc2n3C)OC(/C=C/c2ccc3c(c2)c2ccccc2n3C)=C1. The van der Waals surface area contributed by atoms with E-state index in [9.17, 15) is 5.26 Å². The van der Waals surface area contributed by atoms with Gasteiger partial charge in [-0.1, -0.05) is 60.7 Å². The normalized spacial score (nSPS) is 13.5. The number of hydrogen-bond acceptors (Lipinski definition) is 2. The molecule has 0 unspecified atom stereocenters. The van der Waals surface area contributed by atoms with Crippen LogP contribution in [0.25, 0.3) is 60.6 Å². The third-order valence-electron chi connectivity index (χ3n) is 8.08. The van der Waals surface area contributed by atoms with Crippen LogP contribution in [-0.4, -0.2) is 9.13 Å². The number of aryl methyl sites for hydroxylation is 2. The van der Waals surface area contributed by atoms with Gasteiger partial charge in [0.05, 0.1) is 12.6 Å². The average molecular weight is 555 g/mol. The van der Waals surface area contributed by atoms with Crippen molar-refractivity contribution in [2.24, 2.45) is 14.1 Å². The Hall–Kier alpha value is -6.04. The van der Waals surface area contributed by atoms with E-state index in [1.807, 2.05) is 30.4 Å². The van der Waals surface area contributed by atoms with Gasteiger partial charge in [-0.3, -0.25) is 0 Å². The second-order valence-corrected chi connectivity index (χ2v) is 10.6. The van der Waals surface area contributed by atoms with E-state index in [-0.39, 0.29) is 5.70 Å². The number of nitriles is 1. The standard InChI is InChI=1S/C38H26N4O/c1-40-34(24-39)27-22-28(16-12-25-14-18-37-32(20-25)30-8-4-6-10-35(30)41(37)2)43-29(23-27)17-13-26-15-19-38-33(21-26)31-9-5-7-11-36(31)42(38)3/h4-23H,2-3H3/b16-12+,17-13+. The van der Waals surface area contributed by atoms with E-state index in [0.717, 1.165) is 11.1 Å². The monoisotopic (exact) mass is 554 g/mol. The van der Waals surface area contributed by atoms with Crippen molar-refractivity contribution in [1.82, 2.24) is 9.13 Å². The largest absolute Gasteiger partial charge is 0.457 e. The van der Waals surface area contributed by atoms with E-state index in [1.165, 1.54) is 43.6 Å². The lowest BCUT2D eigenvalue weighted by Crippen LogP contribution is -1.98. The zero-order chi connectivity index (χ0) is 29.5. The summed E-state index contributed by atoms with van der Waals surface area (Å²) in [4.78, 5) is 3.44. The molecule has 6 aromatic rings. The second-order valence-electron chi connectivity index (χ2n) is 10.6. The minimum absolute atomic E-state index is 0.0226. The van der Waals surface area contributed by atoms with Crippen molar-refractivity contribution in [3.8, 4) is 6.07 Å². The molecule has 4 aromatic carbocycles. The van der Waals surface area contributed by atoms with Crippen LogP contribution in [0, 0.1) is 17.9 Å². The number of rotatable bonds is 4. The van der Waals surface area contributed by atoms with Gasteiger partial charge in [0.15, 0.2) is 0 Å². The first kappa shape index (κ1) is 25.9. The van der Waals surface area contributed by atoms with E-state index >= 15 is 0 Å². The Balaban J connectivity index is 1.21. The Bertz CT molecular complexity index is 2190. The Morgan fingerprint density at radius 1 is 0.674 bits per heavy atom. The van der Waals surface area contributed by atoms with Gasteiger partial charge >= 0.3 is 0 Å². The fourth-order valence-electron chi connectivity index (χ4n) is 5.93. The first-order valence-corrected chi connectivity index (χ1v) is 14.0. The van der Waals surface area contributed by atoms with Crippen LogP contribution in [0.15, 0.2) is 132 Å². The van der Waals surface area contributed by atoms with Crippen molar-refractivity contribution < 1.29 is 4.74 Å². The summed E-state index contributed by atoms with van der Waals surface area (Å²) in [5.74, 6) is 1.10. The Labute approximate surface area is 249 Å². The maximum absolute atomic E-state index is 9.58. The van der Waals surface area contributed by atoms with E-state index < -0.39 is 0 Å². The lowest BCUT2D eigenvalue weighted by atomic mass is 10.1. The summed E-state index contributed by atoms with van der Waals surface area (Å²) in [7, 11) is 4.17. The number of fused-ring (bicyclic) bond motifs is 6. The average Bonchev–Trinajstić information content (AvgIpc) is 3.50. The summed E-state index contributed by atoms with van der Waals surface area (Å²) < 4.78 is 10.6.